The van der Waals surface area contributed by atoms with Gasteiger partial charge in [0.15, 0.2) is 0 Å². The lowest BCUT2D eigenvalue weighted by molar-refractivity contribution is -0.140. The van der Waals surface area contributed by atoms with Gasteiger partial charge < -0.3 is 10.2 Å². The second-order valence-electron chi connectivity index (χ2n) is 8.23. The third-order valence-corrected chi connectivity index (χ3v) is 7.71. The van der Waals surface area contributed by atoms with Crippen molar-refractivity contribution >= 4 is 62.3 Å². The number of rotatable bonds is 11. The summed E-state index contributed by atoms with van der Waals surface area (Å²) in [7, 11) is -3.87. The Labute approximate surface area is 222 Å². The molecule has 0 bridgehead atoms. The normalized spacial score (nSPS) is 13.1. The highest BCUT2D eigenvalue weighted by Crippen LogP contribution is 2.28. The number of carbonyl (C=O) groups is 2. The van der Waals surface area contributed by atoms with Gasteiger partial charge >= 0.3 is 0 Å². The van der Waals surface area contributed by atoms with Gasteiger partial charge in [0.2, 0.25) is 21.8 Å². The van der Waals surface area contributed by atoms with Crippen LogP contribution in [-0.4, -0.2) is 50.0 Å². The zero-order chi connectivity index (χ0) is 26.3. The molecule has 35 heavy (non-hydrogen) atoms. The van der Waals surface area contributed by atoms with E-state index in [1.54, 1.807) is 43.3 Å². The summed E-state index contributed by atoms with van der Waals surface area (Å²) in [6.07, 6.45) is 2.04. The molecule has 1 N–H and O–H groups in total. The van der Waals surface area contributed by atoms with E-state index in [0.717, 1.165) is 17.0 Å². The summed E-state index contributed by atoms with van der Waals surface area (Å²) in [5.74, 6) is -0.883. The maximum absolute atomic E-state index is 13.6. The average molecular weight is 563 g/mol. The summed E-state index contributed by atoms with van der Waals surface area (Å²) in [5.41, 5.74) is 0.822. The van der Waals surface area contributed by atoms with Crippen molar-refractivity contribution in [1.82, 2.24) is 10.2 Å². The molecule has 0 saturated heterocycles. The Hall–Kier alpha value is -2.00. The van der Waals surface area contributed by atoms with Crippen molar-refractivity contribution in [2.75, 3.05) is 17.1 Å². The second kappa shape index (κ2) is 12.8. The Bertz CT molecular complexity index is 1160. The zero-order valence-corrected chi connectivity index (χ0v) is 23.2. The molecule has 0 aliphatic heterocycles. The topological polar surface area (TPSA) is 86.8 Å². The molecule has 2 atom stereocenters. The molecule has 7 nitrogen and oxygen atoms in total. The quantitative estimate of drug-likeness (QED) is 0.411. The van der Waals surface area contributed by atoms with E-state index in [-0.39, 0.29) is 29.2 Å². The van der Waals surface area contributed by atoms with Crippen molar-refractivity contribution in [3.63, 3.8) is 0 Å². The summed E-state index contributed by atoms with van der Waals surface area (Å²) in [6.45, 7) is 5.11. The molecule has 0 radical (unpaired) electrons. The molecule has 2 amide bonds. The van der Waals surface area contributed by atoms with Crippen LogP contribution in [0.4, 0.5) is 5.69 Å². The minimum atomic E-state index is -3.87. The number of hydrogen-bond donors (Lipinski definition) is 1. The minimum absolute atomic E-state index is 0.0300. The van der Waals surface area contributed by atoms with Gasteiger partial charge in [-0.3, -0.25) is 13.9 Å². The Kier molecular flexibility index (Phi) is 10.7. The standard InChI is InChI=1S/C24H30Cl3N3O4S/c1-5-16(3)28-24(32)21(6-2)29(14-17-11-12-18(25)20(27)13-17)23(31)15-30(35(4,33)34)22-10-8-7-9-19(22)26/h7-13,16,21H,5-6,14-15H2,1-4H3,(H,28,32)/t16-,21+/m0/s1. The SMILES string of the molecule is CC[C@H](C(=O)N[C@@H](C)CC)N(Cc1ccc(Cl)c(Cl)c1)C(=O)CN(c1ccccc1Cl)S(C)(=O)=O. The first-order valence-corrected chi connectivity index (χ1v) is 14.1. The molecule has 11 heteroatoms. The van der Waals surface area contributed by atoms with Crippen LogP contribution in [0.25, 0.3) is 0 Å². The fourth-order valence-corrected chi connectivity index (χ4v) is 4.91. The Morgan fingerprint density at radius 1 is 0.971 bits per heavy atom. The van der Waals surface area contributed by atoms with Crippen LogP contribution >= 0.6 is 34.8 Å². The molecule has 0 unspecified atom stereocenters. The van der Waals surface area contributed by atoms with E-state index >= 15 is 0 Å². The van der Waals surface area contributed by atoms with Gasteiger partial charge in [-0.25, -0.2) is 8.42 Å². The third-order valence-electron chi connectivity index (χ3n) is 5.52. The van der Waals surface area contributed by atoms with E-state index in [1.807, 2.05) is 13.8 Å². The lowest BCUT2D eigenvalue weighted by atomic mass is 10.1. The van der Waals surface area contributed by atoms with E-state index in [2.05, 4.69) is 5.32 Å². The molecule has 0 fully saturated rings. The molecule has 0 heterocycles. The Morgan fingerprint density at radius 3 is 2.17 bits per heavy atom. The van der Waals surface area contributed by atoms with Crippen molar-refractivity contribution in [3.05, 3.63) is 63.1 Å². The van der Waals surface area contributed by atoms with Gasteiger partial charge in [0, 0.05) is 12.6 Å². The number of hydrogen-bond acceptors (Lipinski definition) is 4. The van der Waals surface area contributed by atoms with Crippen LogP contribution in [0.5, 0.6) is 0 Å². The van der Waals surface area contributed by atoms with Gasteiger partial charge in [-0.2, -0.15) is 0 Å². The number of nitrogens with one attached hydrogen (secondary N) is 1. The molecule has 2 aromatic rings. The smallest absolute Gasteiger partial charge is 0.244 e. The van der Waals surface area contributed by atoms with Gasteiger partial charge in [-0.1, -0.05) is 66.8 Å². The van der Waals surface area contributed by atoms with Crippen LogP contribution in [0.2, 0.25) is 15.1 Å². The summed E-state index contributed by atoms with van der Waals surface area (Å²) in [4.78, 5) is 28.1. The van der Waals surface area contributed by atoms with Gasteiger partial charge in [0.25, 0.3) is 0 Å². The zero-order valence-electron chi connectivity index (χ0n) is 20.1. The number of para-hydroxylation sites is 1. The largest absolute Gasteiger partial charge is 0.352 e. The molecule has 0 saturated carbocycles. The van der Waals surface area contributed by atoms with Crippen LogP contribution in [0.1, 0.15) is 39.2 Å². The van der Waals surface area contributed by atoms with E-state index in [0.29, 0.717) is 22.0 Å². The summed E-state index contributed by atoms with van der Waals surface area (Å²) < 4.78 is 26.2. The number of amides is 2. The summed E-state index contributed by atoms with van der Waals surface area (Å²) in [5, 5.41) is 3.76. The lowest BCUT2D eigenvalue weighted by Crippen LogP contribution is -2.53. The van der Waals surface area contributed by atoms with E-state index < -0.39 is 28.5 Å². The Balaban J connectivity index is 2.48. The first kappa shape index (κ1) is 29.2. The highest BCUT2D eigenvalue weighted by molar-refractivity contribution is 7.92. The molecule has 0 spiro atoms. The number of benzene rings is 2. The molecule has 0 aliphatic rings. The van der Waals surface area contributed by atoms with Crippen molar-refractivity contribution in [2.45, 2.75) is 52.2 Å². The second-order valence-corrected chi connectivity index (χ2v) is 11.4. The van der Waals surface area contributed by atoms with Crippen LogP contribution in [-0.2, 0) is 26.2 Å². The fraction of sp³-hybridized carbons (Fsp3) is 0.417. The van der Waals surface area contributed by atoms with Gasteiger partial charge in [0.1, 0.15) is 12.6 Å². The van der Waals surface area contributed by atoms with Crippen LogP contribution in [0.3, 0.4) is 0 Å². The highest BCUT2D eigenvalue weighted by Gasteiger charge is 2.32. The average Bonchev–Trinajstić information content (AvgIpc) is 2.79. The summed E-state index contributed by atoms with van der Waals surface area (Å²) in [6, 6.07) is 10.4. The third kappa shape index (κ3) is 8.00. The molecule has 0 aromatic heterocycles. The number of carbonyl (C=O) groups excluding carboxylic acids is 2. The molecule has 2 rings (SSSR count). The van der Waals surface area contributed by atoms with E-state index in [9.17, 15) is 18.0 Å². The van der Waals surface area contributed by atoms with Gasteiger partial charge in [-0.15, -0.1) is 0 Å². The number of anilines is 1. The lowest BCUT2D eigenvalue weighted by Gasteiger charge is -2.33. The maximum atomic E-state index is 13.6. The molecule has 192 valence electrons. The van der Waals surface area contributed by atoms with E-state index in [4.69, 9.17) is 34.8 Å². The van der Waals surface area contributed by atoms with Crippen molar-refractivity contribution in [2.24, 2.45) is 0 Å². The Morgan fingerprint density at radius 2 is 1.63 bits per heavy atom. The van der Waals surface area contributed by atoms with Crippen LogP contribution in [0.15, 0.2) is 42.5 Å². The van der Waals surface area contributed by atoms with Crippen LogP contribution < -0.4 is 9.62 Å². The van der Waals surface area contributed by atoms with Gasteiger partial charge in [0.05, 0.1) is 27.0 Å². The maximum Gasteiger partial charge on any atom is 0.244 e. The minimum Gasteiger partial charge on any atom is -0.352 e. The molecular formula is C24H30Cl3N3O4S. The molecule has 2 aromatic carbocycles. The van der Waals surface area contributed by atoms with Crippen molar-refractivity contribution in [1.29, 1.82) is 0 Å². The monoisotopic (exact) mass is 561 g/mol. The number of sulfonamides is 1. The highest BCUT2D eigenvalue weighted by atomic mass is 35.5. The van der Waals surface area contributed by atoms with Gasteiger partial charge in [-0.05, 0) is 49.6 Å². The first-order valence-electron chi connectivity index (χ1n) is 11.1. The summed E-state index contributed by atoms with van der Waals surface area (Å²) >= 11 is 18.4. The van der Waals surface area contributed by atoms with Crippen molar-refractivity contribution < 1.29 is 18.0 Å². The van der Waals surface area contributed by atoms with Crippen molar-refractivity contribution in [3.8, 4) is 0 Å². The first-order chi connectivity index (χ1) is 16.4. The van der Waals surface area contributed by atoms with E-state index in [1.165, 1.54) is 11.0 Å². The van der Waals surface area contributed by atoms with Crippen LogP contribution in [0, 0.1) is 0 Å². The molecule has 0 aliphatic carbocycles. The predicted molar refractivity (Wildman–Crippen MR) is 143 cm³/mol. The number of halogens is 3. The number of nitrogens with zero attached hydrogens (tertiary/aromatic N) is 2. The molecular weight excluding hydrogens is 533 g/mol. The fourth-order valence-electron chi connectivity index (χ4n) is 3.44. The predicted octanol–water partition coefficient (Wildman–Crippen LogP) is 5.13.